The smallest absolute Gasteiger partial charge is 0.450 e. The van der Waals surface area contributed by atoms with E-state index < -0.39 is 28.9 Å². The number of hydrogen-bond acceptors (Lipinski definition) is 4. The number of benzene rings is 3. The number of fused-ring (bicyclic) bond motifs is 1. The number of carbonyl (C=O) groups excluding carboxylic acids is 1. The molecular formula is C23H12ClF3O4. The Bertz CT molecular complexity index is 1330. The SMILES string of the molecule is O=C(Oc1ccc2c(=O)c(-c3ccccc3)c(C(F)(F)F)oc2c1)c1ccc(Cl)cc1. The Labute approximate surface area is 178 Å². The molecule has 0 N–H and O–H groups in total. The summed E-state index contributed by atoms with van der Waals surface area (Å²) in [4.78, 5) is 25.2. The van der Waals surface area contributed by atoms with Gasteiger partial charge < -0.3 is 9.15 Å². The van der Waals surface area contributed by atoms with Crippen LogP contribution in [0.25, 0.3) is 22.1 Å². The topological polar surface area (TPSA) is 56.5 Å². The first kappa shape index (κ1) is 20.7. The monoisotopic (exact) mass is 444 g/mol. The highest BCUT2D eigenvalue weighted by atomic mass is 35.5. The third-order valence-corrected chi connectivity index (χ3v) is 4.73. The van der Waals surface area contributed by atoms with Crippen molar-refractivity contribution >= 4 is 28.5 Å². The van der Waals surface area contributed by atoms with Crippen molar-refractivity contribution in [2.45, 2.75) is 6.18 Å². The lowest BCUT2D eigenvalue weighted by Gasteiger charge is -2.13. The maximum Gasteiger partial charge on any atom is 0.450 e. The molecule has 1 aromatic heterocycles. The lowest BCUT2D eigenvalue weighted by atomic mass is 10.0. The number of alkyl halides is 3. The fourth-order valence-electron chi connectivity index (χ4n) is 3.06. The molecule has 0 bridgehead atoms. The molecule has 0 aliphatic carbocycles. The molecule has 0 aliphatic rings. The lowest BCUT2D eigenvalue weighted by molar-refractivity contribution is -0.152. The van der Waals surface area contributed by atoms with Crippen molar-refractivity contribution in [3.63, 3.8) is 0 Å². The predicted octanol–water partition coefficient (Wildman–Crippen LogP) is 6.35. The highest BCUT2D eigenvalue weighted by Crippen LogP contribution is 2.37. The van der Waals surface area contributed by atoms with Crippen molar-refractivity contribution < 1.29 is 27.1 Å². The van der Waals surface area contributed by atoms with Crippen molar-refractivity contribution in [1.82, 2.24) is 0 Å². The van der Waals surface area contributed by atoms with Crippen LogP contribution in [0, 0.1) is 0 Å². The van der Waals surface area contributed by atoms with Crippen LogP contribution in [-0.2, 0) is 6.18 Å². The minimum Gasteiger partial charge on any atom is -0.450 e. The van der Waals surface area contributed by atoms with Crippen LogP contribution in [0.3, 0.4) is 0 Å². The number of ether oxygens (including phenoxy) is 1. The van der Waals surface area contributed by atoms with Crippen molar-refractivity contribution in [3.8, 4) is 16.9 Å². The number of esters is 1. The van der Waals surface area contributed by atoms with E-state index in [4.69, 9.17) is 20.8 Å². The quantitative estimate of drug-likeness (QED) is 0.273. The van der Waals surface area contributed by atoms with Gasteiger partial charge in [-0.1, -0.05) is 41.9 Å². The molecule has 4 aromatic rings. The highest BCUT2D eigenvalue weighted by molar-refractivity contribution is 6.30. The summed E-state index contributed by atoms with van der Waals surface area (Å²) in [6, 6.07) is 17.0. The van der Waals surface area contributed by atoms with E-state index >= 15 is 0 Å². The second kappa shape index (κ2) is 7.92. The van der Waals surface area contributed by atoms with Gasteiger partial charge in [-0.3, -0.25) is 4.79 Å². The second-order valence-corrected chi connectivity index (χ2v) is 6.99. The van der Waals surface area contributed by atoms with Gasteiger partial charge in [-0.2, -0.15) is 13.2 Å². The van der Waals surface area contributed by atoms with Gasteiger partial charge >= 0.3 is 12.1 Å². The summed E-state index contributed by atoms with van der Waals surface area (Å²) in [7, 11) is 0. The number of carbonyl (C=O) groups is 1. The molecule has 4 nitrogen and oxygen atoms in total. The highest BCUT2D eigenvalue weighted by Gasteiger charge is 2.39. The van der Waals surface area contributed by atoms with Crippen molar-refractivity contribution in [1.29, 1.82) is 0 Å². The molecule has 4 rings (SSSR count). The first-order valence-corrected chi connectivity index (χ1v) is 9.33. The summed E-state index contributed by atoms with van der Waals surface area (Å²) in [6.07, 6.45) is -4.91. The Balaban J connectivity index is 1.81. The van der Waals surface area contributed by atoms with Crippen LogP contribution in [0.2, 0.25) is 5.02 Å². The van der Waals surface area contributed by atoms with Gasteiger partial charge in [0.05, 0.1) is 16.5 Å². The summed E-state index contributed by atoms with van der Waals surface area (Å²) >= 11 is 5.78. The largest absolute Gasteiger partial charge is 0.450 e. The Kier molecular flexibility index (Phi) is 5.29. The Morgan fingerprint density at radius 1 is 0.935 bits per heavy atom. The van der Waals surface area contributed by atoms with E-state index in [1.807, 2.05) is 0 Å². The van der Waals surface area contributed by atoms with Crippen LogP contribution in [0.4, 0.5) is 13.2 Å². The van der Waals surface area contributed by atoms with Crippen LogP contribution in [-0.4, -0.2) is 5.97 Å². The minimum atomic E-state index is -4.91. The van der Waals surface area contributed by atoms with E-state index in [0.717, 1.165) is 6.07 Å². The van der Waals surface area contributed by atoms with Crippen molar-refractivity contribution in [2.75, 3.05) is 0 Å². The fourth-order valence-corrected chi connectivity index (χ4v) is 3.18. The molecule has 0 atom stereocenters. The summed E-state index contributed by atoms with van der Waals surface area (Å²) in [5.41, 5.74) is -1.48. The van der Waals surface area contributed by atoms with Gasteiger partial charge in [-0.15, -0.1) is 0 Å². The van der Waals surface area contributed by atoms with Crippen LogP contribution in [0.1, 0.15) is 16.1 Å². The Hall–Kier alpha value is -3.58. The molecule has 31 heavy (non-hydrogen) atoms. The molecule has 0 fully saturated rings. The number of hydrogen-bond donors (Lipinski definition) is 0. The average molecular weight is 445 g/mol. The number of rotatable bonds is 3. The van der Waals surface area contributed by atoms with Crippen LogP contribution in [0.5, 0.6) is 5.75 Å². The van der Waals surface area contributed by atoms with E-state index in [0.29, 0.717) is 5.02 Å². The first-order valence-electron chi connectivity index (χ1n) is 8.95. The van der Waals surface area contributed by atoms with Gasteiger partial charge in [-0.25, -0.2) is 4.79 Å². The molecular weight excluding hydrogens is 433 g/mol. The first-order chi connectivity index (χ1) is 14.7. The molecule has 156 valence electrons. The maximum absolute atomic E-state index is 13.7. The molecule has 0 spiro atoms. The third-order valence-electron chi connectivity index (χ3n) is 4.47. The molecule has 0 amide bonds. The normalized spacial score (nSPS) is 11.5. The van der Waals surface area contributed by atoms with E-state index in [1.165, 1.54) is 60.7 Å². The van der Waals surface area contributed by atoms with Gasteiger partial charge in [0.2, 0.25) is 11.2 Å². The summed E-state index contributed by atoms with van der Waals surface area (Å²) in [5, 5.41) is 0.357. The molecule has 0 unspecified atom stereocenters. The molecule has 0 aliphatic heterocycles. The molecule has 3 aromatic carbocycles. The van der Waals surface area contributed by atoms with Gasteiger partial charge in [0, 0.05) is 11.1 Å². The molecule has 0 saturated heterocycles. The number of halogens is 4. The molecule has 8 heteroatoms. The van der Waals surface area contributed by atoms with Crippen molar-refractivity contribution in [2.24, 2.45) is 0 Å². The van der Waals surface area contributed by atoms with E-state index in [-0.39, 0.29) is 27.8 Å². The van der Waals surface area contributed by atoms with Crippen molar-refractivity contribution in [3.05, 3.63) is 99.4 Å². The maximum atomic E-state index is 13.7. The summed E-state index contributed by atoms with van der Waals surface area (Å²) in [5.74, 6) is -2.23. The average Bonchev–Trinajstić information content (AvgIpc) is 2.74. The molecule has 0 saturated carbocycles. The second-order valence-electron chi connectivity index (χ2n) is 6.55. The van der Waals surface area contributed by atoms with Gasteiger partial charge in [0.25, 0.3) is 0 Å². The van der Waals surface area contributed by atoms with Crippen LogP contribution < -0.4 is 10.2 Å². The third kappa shape index (κ3) is 4.18. The zero-order chi connectivity index (χ0) is 22.2. The lowest BCUT2D eigenvalue weighted by Crippen LogP contribution is -2.16. The van der Waals surface area contributed by atoms with E-state index in [2.05, 4.69) is 0 Å². The molecule has 1 heterocycles. The summed E-state index contributed by atoms with van der Waals surface area (Å²) < 4.78 is 51.3. The predicted molar refractivity (Wildman–Crippen MR) is 109 cm³/mol. The Morgan fingerprint density at radius 2 is 1.61 bits per heavy atom. The van der Waals surface area contributed by atoms with Gasteiger partial charge in [0.1, 0.15) is 11.3 Å². The van der Waals surface area contributed by atoms with Gasteiger partial charge in [-0.05, 0) is 42.0 Å². The fraction of sp³-hybridized carbons (Fsp3) is 0.0435. The summed E-state index contributed by atoms with van der Waals surface area (Å²) in [6.45, 7) is 0. The Morgan fingerprint density at radius 3 is 2.26 bits per heavy atom. The molecule has 0 radical (unpaired) electrons. The van der Waals surface area contributed by atoms with Gasteiger partial charge in [0.15, 0.2) is 0 Å². The zero-order valence-electron chi connectivity index (χ0n) is 15.6. The van der Waals surface area contributed by atoms with Crippen LogP contribution >= 0.6 is 11.6 Å². The van der Waals surface area contributed by atoms with E-state index in [1.54, 1.807) is 6.07 Å². The van der Waals surface area contributed by atoms with Crippen LogP contribution in [0.15, 0.2) is 82.0 Å². The van der Waals surface area contributed by atoms with E-state index in [9.17, 15) is 22.8 Å². The minimum absolute atomic E-state index is 0.0712. The standard InChI is InChI=1S/C23H12ClF3O4/c24-15-8-6-14(7-9-15)22(29)30-16-10-11-17-18(12-16)31-21(23(25,26)27)19(20(17)28)13-4-2-1-3-5-13/h1-12H. The zero-order valence-corrected chi connectivity index (χ0v) is 16.3.